The number of nitrogens with one attached hydrogen (secondary N) is 1. The van der Waals surface area contributed by atoms with Gasteiger partial charge in [-0.3, -0.25) is 4.68 Å². The van der Waals surface area contributed by atoms with E-state index in [1.54, 1.807) is 4.68 Å². The highest BCUT2D eigenvalue weighted by atomic mass is 19.1. The Balaban J connectivity index is 1.90. The second-order valence-electron chi connectivity index (χ2n) is 5.45. The summed E-state index contributed by atoms with van der Waals surface area (Å²) in [4.78, 5) is 0. The number of rotatable bonds is 7. The first-order chi connectivity index (χ1) is 10.0. The van der Waals surface area contributed by atoms with Crippen molar-refractivity contribution in [2.75, 3.05) is 6.61 Å². The number of hydrogen-bond acceptors (Lipinski definition) is 3. The molecule has 0 amide bonds. The number of halogens is 1. The molecule has 0 unspecified atom stereocenters. The van der Waals surface area contributed by atoms with Crippen molar-refractivity contribution in [2.45, 2.75) is 32.9 Å². The van der Waals surface area contributed by atoms with Gasteiger partial charge in [-0.25, -0.2) is 4.39 Å². The van der Waals surface area contributed by atoms with E-state index in [1.165, 1.54) is 12.1 Å². The molecule has 0 aliphatic heterocycles. The Bertz CT molecular complexity index is 581. The van der Waals surface area contributed by atoms with Gasteiger partial charge in [0.2, 0.25) is 0 Å². The molecule has 0 aliphatic rings. The van der Waals surface area contributed by atoms with Crippen molar-refractivity contribution >= 4 is 0 Å². The van der Waals surface area contributed by atoms with Gasteiger partial charge in [-0.2, -0.15) is 5.10 Å². The predicted molar refractivity (Wildman–Crippen MR) is 80.8 cm³/mol. The lowest BCUT2D eigenvalue weighted by Crippen LogP contribution is -2.21. The van der Waals surface area contributed by atoms with Gasteiger partial charge in [-0.1, -0.05) is 13.8 Å². The van der Waals surface area contributed by atoms with Gasteiger partial charge in [0.15, 0.2) is 0 Å². The van der Waals surface area contributed by atoms with Crippen LogP contribution in [0, 0.1) is 5.82 Å². The van der Waals surface area contributed by atoms with Gasteiger partial charge in [0.25, 0.3) is 0 Å². The zero-order chi connectivity index (χ0) is 15.2. The van der Waals surface area contributed by atoms with Crippen molar-refractivity contribution in [3.05, 3.63) is 47.5 Å². The number of aryl methyl sites for hydroxylation is 1. The van der Waals surface area contributed by atoms with E-state index in [2.05, 4.69) is 24.3 Å². The molecule has 0 spiro atoms. The number of nitrogens with zero attached hydrogens (tertiary/aromatic N) is 2. The molecule has 1 N–H and O–H groups in total. The number of ether oxygens (including phenoxy) is 1. The van der Waals surface area contributed by atoms with Crippen LogP contribution in [-0.4, -0.2) is 22.4 Å². The average molecular weight is 291 g/mol. The molecule has 0 saturated heterocycles. The molecule has 5 heteroatoms. The molecule has 114 valence electrons. The lowest BCUT2D eigenvalue weighted by Gasteiger charge is -2.11. The molecule has 0 bridgehead atoms. The van der Waals surface area contributed by atoms with Crippen molar-refractivity contribution < 1.29 is 9.13 Å². The molecule has 4 nitrogen and oxygen atoms in total. The maximum atomic E-state index is 13.6. The fourth-order valence-corrected chi connectivity index (χ4v) is 2.02. The minimum Gasteiger partial charge on any atom is -0.493 e. The second kappa shape index (κ2) is 7.22. The summed E-state index contributed by atoms with van der Waals surface area (Å²) in [7, 11) is 1.88. The minimum absolute atomic E-state index is 0.269. The zero-order valence-corrected chi connectivity index (χ0v) is 12.8. The van der Waals surface area contributed by atoms with Crippen LogP contribution < -0.4 is 10.1 Å². The summed E-state index contributed by atoms with van der Waals surface area (Å²) in [5, 5.41) is 7.37. The molecule has 0 fully saturated rings. The summed E-state index contributed by atoms with van der Waals surface area (Å²) in [5.41, 5.74) is 2.00. The first-order valence-corrected chi connectivity index (χ1v) is 7.16. The predicted octanol–water partition coefficient (Wildman–Crippen LogP) is 2.68. The maximum Gasteiger partial charge on any atom is 0.127 e. The fourth-order valence-electron chi connectivity index (χ4n) is 2.02. The quantitative estimate of drug-likeness (QED) is 0.852. The molecular formula is C16H22FN3O. The maximum absolute atomic E-state index is 13.6. The monoisotopic (exact) mass is 291 g/mol. The zero-order valence-electron chi connectivity index (χ0n) is 12.8. The summed E-state index contributed by atoms with van der Waals surface area (Å²) in [6, 6.07) is 5.19. The van der Waals surface area contributed by atoms with Gasteiger partial charge >= 0.3 is 0 Å². The van der Waals surface area contributed by atoms with Crippen molar-refractivity contribution in [2.24, 2.45) is 7.05 Å². The molecular weight excluding hydrogens is 269 g/mol. The van der Waals surface area contributed by atoms with Crippen molar-refractivity contribution in [3.8, 4) is 5.75 Å². The summed E-state index contributed by atoms with van der Waals surface area (Å²) >= 11 is 0. The van der Waals surface area contributed by atoms with Crippen LogP contribution in [-0.2, 0) is 20.0 Å². The molecule has 21 heavy (non-hydrogen) atoms. The smallest absolute Gasteiger partial charge is 0.127 e. The first kappa shape index (κ1) is 15.5. The third kappa shape index (κ3) is 5.19. The third-order valence-corrected chi connectivity index (χ3v) is 3.06. The molecule has 0 aliphatic carbocycles. The highest BCUT2D eigenvalue weighted by Crippen LogP contribution is 2.17. The summed E-state index contributed by atoms with van der Waals surface area (Å²) < 4.78 is 21.0. The Hall–Kier alpha value is -1.88. The highest BCUT2D eigenvalue weighted by molar-refractivity contribution is 5.29. The number of aromatic nitrogens is 2. The fraction of sp³-hybridized carbons (Fsp3) is 0.438. The van der Waals surface area contributed by atoms with Crippen LogP contribution in [0.2, 0.25) is 0 Å². The Morgan fingerprint density at radius 1 is 1.29 bits per heavy atom. The molecule has 1 aromatic carbocycles. The SMILES string of the molecule is CC(C)NCc1cc(F)cc(OCCc2cnn(C)c2)c1. The minimum atomic E-state index is -0.269. The third-order valence-electron chi connectivity index (χ3n) is 3.06. The Labute approximate surface area is 124 Å². The van der Waals surface area contributed by atoms with Crippen molar-refractivity contribution in [3.63, 3.8) is 0 Å². The van der Waals surface area contributed by atoms with Crippen molar-refractivity contribution in [1.29, 1.82) is 0 Å². The van der Waals surface area contributed by atoms with E-state index in [0.717, 1.165) is 17.5 Å². The van der Waals surface area contributed by atoms with Crippen molar-refractivity contribution in [1.82, 2.24) is 15.1 Å². The Morgan fingerprint density at radius 2 is 2.10 bits per heavy atom. The van der Waals surface area contributed by atoms with Crippen LogP contribution in [0.25, 0.3) is 0 Å². The van der Waals surface area contributed by atoms with E-state index in [1.807, 2.05) is 25.5 Å². The van der Waals surface area contributed by atoms with Gasteiger partial charge in [0.05, 0.1) is 12.8 Å². The lowest BCUT2D eigenvalue weighted by atomic mass is 10.2. The molecule has 0 radical (unpaired) electrons. The van der Waals surface area contributed by atoms with E-state index in [-0.39, 0.29) is 5.82 Å². The molecule has 0 saturated carbocycles. The van der Waals surface area contributed by atoms with Crippen LogP contribution in [0.4, 0.5) is 4.39 Å². The Kier molecular flexibility index (Phi) is 5.33. The van der Waals surface area contributed by atoms with Gasteiger partial charge in [-0.15, -0.1) is 0 Å². The summed E-state index contributed by atoms with van der Waals surface area (Å²) in [6.45, 7) is 5.26. The largest absolute Gasteiger partial charge is 0.493 e. The van der Waals surface area contributed by atoms with E-state index >= 15 is 0 Å². The van der Waals surface area contributed by atoms with Crippen LogP contribution in [0.1, 0.15) is 25.0 Å². The Morgan fingerprint density at radius 3 is 2.76 bits per heavy atom. The number of hydrogen-bond donors (Lipinski definition) is 1. The standard InChI is InChI=1S/C16H22FN3O/c1-12(2)18-9-14-6-15(17)8-16(7-14)21-5-4-13-10-19-20(3)11-13/h6-8,10-12,18H,4-5,9H2,1-3H3. The van der Waals surface area contributed by atoms with Gasteiger partial charge in [0.1, 0.15) is 11.6 Å². The van der Waals surface area contributed by atoms with Crippen LogP contribution in [0.3, 0.4) is 0 Å². The average Bonchev–Trinajstić information content (AvgIpc) is 2.82. The molecule has 1 heterocycles. The lowest BCUT2D eigenvalue weighted by molar-refractivity contribution is 0.319. The van der Waals surface area contributed by atoms with Crippen LogP contribution in [0.15, 0.2) is 30.6 Å². The molecule has 0 atom stereocenters. The van der Waals surface area contributed by atoms with Crippen LogP contribution in [0.5, 0.6) is 5.75 Å². The van der Waals surface area contributed by atoms with E-state index in [4.69, 9.17) is 4.74 Å². The summed E-state index contributed by atoms with van der Waals surface area (Å²) in [5.74, 6) is 0.300. The van der Waals surface area contributed by atoms with E-state index in [0.29, 0.717) is 24.9 Å². The molecule has 1 aromatic heterocycles. The number of benzene rings is 1. The highest BCUT2D eigenvalue weighted by Gasteiger charge is 2.04. The topological polar surface area (TPSA) is 39.1 Å². The summed E-state index contributed by atoms with van der Waals surface area (Å²) in [6.07, 6.45) is 4.52. The normalized spacial score (nSPS) is 11.1. The van der Waals surface area contributed by atoms with E-state index in [9.17, 15) is 4.39 Å². The molecule has 2 rings (SSSR count). The van der Waals surface area contributed by atoms with E-state index < -0.39 is 0 Å². The van der Waals surface area contributed by atoms with Crippen LogP contribution >= 0.6 is 0 Å². The van der Waals surface area contributed by atoms with Gasteiger partial charge in [-0.05, 0) is 23.3 Å². The van der Waals surface area contributed by atoms with Gasteiger partial charge in [0, 0.05) is 38.3 Å². The first-order valence-electron chi connectivity index (χ1n) is 7.16. The second-order valence-corrected chi connectivity index (χ2v) is 5.45. The molecule has 2 aromatic rings. The van der Waals surface area contributed by atoms with Gasteiger partial charge < -0.3 is 10.1 Å².